The van der Waals surface area contributed by atoms with Crippen molar-refractivity contribution in [1.82, 2.24) is 14.9 Å². The van der Waals surface area contributed by atoms with Crippen molar-refractivity contribution in [2.75, 3.05) is 19.7 Å². The molecule has 0 bridgehead atoms. The number of likely N-dealkylation sites (tertiary alicyclic amines) is 1. The number of halogens is 1. The Labute approximate surface area is 155 Å². The van der Waals surface area contributed by atoms with Gasteiger partial charge >= 0.3 is 0 Å². The predicted molar refractivity (Wildman–Crippen MR) is 95.7 cm³/mol. The Hall–Kier alpha value is -2.58. The molecular formula is C19H22FN3O4. The van der Waals surface area contributed by atoms with E-state index in [1.165, 1.54) is 23.2 Å². The number of H-pyrrole nitrogens is 1. The maximum atomic E-state index is 13.2. The summed E-state index contributed by atoms with van der Waals surface area (Å²) in [5, 5.41) is 20.6. The first kappa shape index (κ1) is 19.2. The van der Waals surface area contributed by atoms with Gasteiger partial charge in [0.2, 0.25) is 0 Å². The highest BCUT2D eigenvalue weighted by atomic mass is 19.1. The van der Waals surface area contributed by atoms with Crippen LogP contribution < -0.4 is 5.56 Å². The van der Waals surface area contributed by atoms with E-state index in [0.717, 1.165) is 5.56 Å². The minimum absolute atomic E-state index is 0.0776. The number of benzene rings is 1. The first-order chi connectivity index (χ1) is 12.8. The highest BCUT2D eigenvalue weighted by Gasteiger charge is 2.44. The molecule has 2 atom stereocenters. The fraction of sp³-hybridized carbons (Fsp3) is 0.421. The van der Waals surface area contributed by atoms with Gasteiger partial charge in [-0.1, -0.05) is 12.1 Å². The SMILES string of the molecule is Cc1ncc(C(=O)N2CC[C@H](O)[C@@](CO)(Cc3ccc(F)cc3)C2)c(=O)[nH]1. The van der Waals surface area contributed by atoms with E-state index in [0.29, 0.717) is 5.82 Å². The van der Waals surface area contributed by atoms with Crippen LogP contribution in [-0.4, -0.2) is 56.8 Å². The summed E-state index contributed by atoms with van der Waals surface area (Å²) in [7, 11) is 0. The van der Waals surface area contributed by atoms with E-state index in [1.807, 2.05) is 0 Å². The molecule has 1 aromatic heterocycles. The van der Waals surface area contributed by atoms with Crippen LogP contribution in [0, 0.1) is 18.2 Å². The summed E-state index contributed by atoms with van der Waals surface area (Å²) in [6.45, 7) is 1.61. The van der Waals surface area contributed by atoms with Crippen LogP contribution in [0.4, 0.5) is 4.39 Å². The van der Waals surface area contributed by atoms with Crippen molar-refractivity contribution in [1.29, 1.82) is 0 Å². The Morgan fingerprint density at radius 2 is 2.11 bits per heavy atom. The number of aromatic nitrogens is 2. The van der Waals surface area contributed by atoms with Gasteiger partial charge in [0.05, 0.1) is 12.7 Å². The molecule has 1 saturated heterocycles. The lowest BCUT2D eigenvalue weighted by Gasteiger charge is -2.45. The number of rotatable bonds is 4. The molecule has 0 spiro atoms. The Balaban J connectivity index is 1.86. The van der Waals surface area contributed by atoms with Gasteiger partial charge in [-0.05, 0) is 37.5 Å². The highest BCUT2D eigenvalue weighted by molar-refractivity contribution is 5.93. The molecule has 2 heterocycles. The topological polar surface area (TPSA) is 107 Å². The van der Waals surface area contributed by atoms with Crippen LogP contribution in [0.5, 0.6) is 0 Å². The van der Waals surface area contributed by atoms with Gasteiger partial charge < -0.3 is 20.1 Å². The van der Waals surface area contributed by atoms with Gasteiger partial charge in [0.1, 0.15) is 17.2 Å². The number of carbonyl (C=O) groups excluding carboxylic acids is 1. The molecule has 0 radical (unpaired) electrons. The molecule has 3 N–H and O–H groups in total. The quantitative estimate of drug-likeness (QED) is 0.727. The third kappa shape index (κ3) is 3.91. The lowest BCUT2D eigenvalue weighted by Crippen LogP contribution is -2.56. The van der Waals surface area contributed by atoms with Crippen LogP contribution in [-0.2, 0) is 6.42 Å². The van der Waals surface area contributed by atoms with Crippen molar-refractivity contribution >= 4 is 5.91 Å². The van der Waals surface area contributed by atoms with Gasteiger partial charge in [-0.15, -0.1) is 0 Å². The fourth-order valence-corrected chi connectivity index (χ4v) is 3.52. The molecule has 144 valence electrons. The van der Waals surface area contributed by atoms with Gasteiger partial charge in [0, 0.05) is 24.7 Å². The number of aryl methyl sites for hydroxylation is 1. The number of aliphatic hydroxyl groups is 2. The zero-order chi connectivity index (χ0) is 19.6. The van der Waals surface area contributed by atoms with E-state index in [9.17, 15) is 24.2 Å². The van der Waals surface area contributed by atoms with Gasteiger partial charge in [-0.3, -0.25) is 9.59 Å². The van der Waals surface area contributed by atoms with Crippen LogP contribution in [0.2, 0.25) is 0 Å². The summed E-state index contributed by atoms with van der Waals surface area (Å²) < 4.78 is 13.2. The number of hydrogen-bond donors (Lipinski definition) is 3. The lowest BCUT2D eigenvalue weighted by molar-refractivity contribution is -0.0669. The van der Waals surface area contributed by atoms with Crippen molar-refractivity contribution in [2.24, 2.45) is 5.41 Å². The van der Waals surface area contributed by atoms with E-state index in [2.05, 4.69) is 9.97 Å². The second-order valence-corrected chi connectivity index (χ2v) is 7.07. The average Bonchev–Trinajstić information content (AvgIpc) is 2.65. The lowest BCUT2D eigenvalue weighted by atomic mass is 9.73. The molecule has 7 nitrogen and oxygen atoms in total. The van der Waals surface area contributed by atoms with E-state index in [-0.39, 0.29) is 43.9 Å². The zero-order valence-corrected chi connectivity index (χ0v) is 15.0. The minimum Gasteiger partial charge on any atom is -0.396 e. The molecule has 0 aliphatic carbocycles. The van der Waals surface area contributed by atoms with Crippen molar-refractivity contribution in [3.8, 4) is 0 Å². The standard InChI is InChI=1S/C19H22FN3O4/c1-12-21-9-15(17(26)22-12)18(27)23-7-6-16(25)19(10-23,11-24)8-13-2-4-14(20)5-3-13/h2-5,9,16,24-25H,6-8,10-11H2,1H3,(H,21,22,26)/t16-,19-/m0/s1. The Morgan fingerprint density at radius 3 is 2.74 bits per heavy atom. The number of carbonyl (C=O) groups is 1. The summed E-state index contributed by atoms with van der Waals surface area (Å²) in [5.41, 5.74) is -0.845. The number of hydrogen-bond acceptors (Lipinski definition) is 5. The second-order valence-electron chi connectivity index (χ2n) is 7.07. The molecule has 1 aliphatic rings. The summed E-state index contributed by atoms with van der Waals surface area (Å²) in [6, 6.07) is 5.82. The maximum absolute atomic E-state index is 13.2. The molecule has 2 aromatic rings. The normalized spacial score (nSPS) is 22.7. The molecule has 0 unspecified atom stereocenters. The van der Waals surface area contributed by atoms with Gasteiger partial charge in [-0.2, -0.15) is 0 Å². The van der Waals surface area contributed by atoms with Crippen molar-refractivity contribution in [2.45, 2.75) is 25.9 Å². The molecular weight excluding hydrogens is 353 g/mol. The van der Waals surface area contributed by atoms with E-state index < -0.39 is 23.0 Å². The van der Waals surface area contributed by atoms with Gasteiger partial charge in [0.25, 0.3) is 11.5 Å². The van der Waals surface area contributed by atoms with Crippen LogP contribution in [0.25, 0.3) is 0 Å². The van der Waals surface area contributed by atoms with Crippen LogP contribution in [0.15, 0.2) is 35.3 Å². The summed E-state index contributed by atoms with van der Waals surface area (Å²) in [4.78, 5) is 32.8. The molecule has 1 amide bonds. The largest absolute Gasteiger partial charge is 0.396 e. The Kier molecular flexibility index (Phi) is 5.38. The minimum atomic E-state index is -0.989. The smallest absolute Gasteiger partial charge is 0.263 e. The average molecular weight is 375 g/mol. The highest BCUT2D eigenvalue weighted by Crippen LogP contribution is 2.34. The number of nitrogens with one attached hydrogen (secondary N) is 1. The number of amides is 1. The Morgan fingerprint density at radius 1 is 1.41 bits per heavy atom. The zero-order valence-electron chi connectivity index (χ0n) is 15.0. The Bertz CT molecular complexity index is 883. The molecule has 8 heteroatoms. The first-order valence-electron chi connectivity index (χ1n) is 8.73. The predicted octanol–water partition coefficient (Wildman–Crippen LogP) is 0.646. The van der Waals surface area contributed by atoms with E-state index in [1.54, 1.807) is 19.1 Å². The molecule has 0 saturated carbocycles. The van der Waals surface area contributed by atoms with Gasteiger partial charge in [-0.25, -0.2) is 9.37 Å². The molecule has 1 aliphatic heterocycles. The van der Waals surface area contributed by atoms with Gasteiger partial charge in [0.15, 0.2) is 0 Å². The third-order valence-electron chi connectivity index (χ3n) is 5.11. The fourth-order valence-electron chi connectivity index (χ4n) is 3.52. The molecule has 1 aromatic carbocycles. The molecule has 1 fully saturated rings. The summed E-state index contributed by atoms with van der Waals surface area (Å²) in [6.07, 6.45) is 0.954. The number of nitrogens with zero attached hydrogens (tertiary/aromatic N) is 2. The van der Waals surface area contributed by atoms with Crippen LogP contribution in [0.1, 0.15) is 28.2 Å². The third-order valence-corrected chi connectivity index (χ3v) is 5.11. The van der Waals surface area contributed by atoms with Crippen LogP contribution >= 0.6 is 0 Å². The van der Waals surface area contributed by atoms with Crippen molar-refractivity contribution in [3.63, 3.8) is 0 Å². The van der Waals surface area contributed by atoms with E-state index >= 15 is 0 Å². The van der Waals surface area contributed by atoms with Crippen LogP contribution in [0.3, 0.4) is 0 Å². The maximum Gasteiger partial charge on any atom is 0.263 e. The second kappa shape index (κ2) is 7.58. The first-order valence-corrected chi connectivity index (χ1v) is 8.73. The van der Waals surface area contributed by atoms with Crippen molar-refractivity contribution in [3.05, 3.63) is 63.6 Å². The molecule has 3 rings (SSSR count). The molecule has 27 heavy (non-hydrogen) atoms. The number of aromatic amines is 1. The van der Waals surface area contributed by atoms with Crippen molar-refractivity contribution < 1.29 is 19.4 Å². The van der Waals surface area contributed by atoms with E-state index in [4.69, 9.17) is 0 Å². The summed E-state index contributed by atoms with van der Waals surface area (Å²) >= 11 is 0. The number of aliphatic hydroxyl groups excluding tert-OH is 2. The number of piperidine rings is 1. The monoisotopic (exact) mass is 375 g/mol. The summed E-state index contributed by atoms with van der Waals surface area (Å²) in [5.74, 6) is -0.455.